The molecule has 21 heavy (non-hydrogen) atoms. The lowest BCUT2D eigenvalue weighted by atomic mass is 9.88. The second-order valence-corrected chi connectivity index (χ2v) is 5.43. The summed E-state index contributed by atoms with van der Waals surface area (Å²) in [5.41, 5.74) is 8.95. The molecule has 0 amide bonds. The van der Waals surface area contributed by atoms with Crippen molar-refractivity contribution < 1.29 is 13.5 Å². The zero-order valence-electron chi connectivity index (χ0n) is 11.6. The summed E-state index contributed by atoms with van der Waals surface area (Å²) in [5.74, 6) is -0.516. The highest BCUT2D eigenvalue weighted by Crippen LogP contribution is 2.31. The molecule has 0 unspecified atom stereocenters. The summed E-state index contributed by atoms with van der Waals surface area (Å²) in [6, 6.07) is 9.28. The fraction of sp³-hybridized carbons (Fsp3) is 0.294. The molecule has 0 bridgehead atoms. The molecule has 0 spiro atoms. The second-order valence-electron chi connectivity index (χ2n) is 5.43. The van der Waals surface area contributed by atoms with Crippen molar-refractivity contribution in [2.24, 2.45) is 5.73 Å². The van der Waals surface area contributed by atoms with E-state index in [4.69, 9.17) is 10.5 Å². The van der Waals surface area contributed by atoms with Gasteiger partial charge in [-0.2, -0.15) is 0 Å². The zero-order chi connectivity index (χ0) is 14.8. The van der Waals surface area contributed by atoms with Crippen molar-refractivity contribution in [3.05, 3.63) is 64.7 Å². The van der Waals surface area contributed by atoms with E-state index in [9.17, 15) is 8.78 Å². The van der Waals surface area contributed by atoms with E-state index in [-0.39, 0.29) is 12.6 Å². The van der Waals surface area contributed by atoms with E-state index in [1.54, 1.807) is 0 Å². The molecule has 2 aromatic rings. The van der Waals surface area contributed by atoms with Crippen molar-refractivity contribution in [1.82, 2.24) is 0 Å². The summed E-state index contributed by atoms with van der Waals surface area (Å²) in [6.07, 6.45) is 3.13. The summed E-state index contributed by atoms with van der Waals surface area (Å²) in [5, 5.41) is 0. The van der Waals surface area contributed by atoms with E-state index in [1.165, 1.54) is 17.7 Å². The van der Waals surface area contributed by atoms with Crippen molar-refractivity contribution in [2.45, 2.75) is 31.9 Å². The van der Waals surface area contributed by atoms with Crippen molar-refractivity contribution in [3.8, 4) is 5.75 Å². The molecule has 110 valence electrons. The lowest BCUT2D eigenvalue weighted by molar-refractivity contribution is 0.304. The van der Waals surface area contributed by atoms with Gasteiger partial charge >= 0.3 is 0 Å². The molecule has 2 aromatic carbocycles. The van der Waals surface area contributed by atoms with E-state index < -0.39 is 11.6 Å². The van der Waals surface area contributed by atoms with Crippen LogP contribution in [0.3, 0.4) is 0 Å². The first-order valence-corrected chi connectivity index (χ1v) is 7.08. The number of hydrogen-bond acceptors (Lipinski definition) is 2. The largest absolute Gasteiger partial charge is 0.489 e. The minimum atomic E-state index is -0.596. The molecule has 0 saturated heterocycles. The standard InChI is InChI=1S/C17H17F2NO/c18-13-6-11(7-14(19)8-13)10-21-15-5-4-12-2-1-3-17(20)16(12)9-15/h4-9,17H,1-3,10,20H2/t17-/m0/s1. The van der Waals surface area contributed by atoms with Gasteiger partial charge in [-0.05, 0) is 60.2 Å². The van der Waals surface area contributed by atoms with Crippen LogP contribution in [0, 0.1) is 11.6 Å². The molecule has 0 aliphatic heterocycles. The summed E-state index contributed by atoms with van der Waals surface area (Å²) >= 11 is 0. The fourth-order valence-corrected chi connectivity index (χ4v) is 2.76. The third-order valence-electron chi connectivity index (χ3n) is 3.81. The number of aryl methyl sites for hydroxylation is 1. The molecular weight excluding hydrogens is 272 g/mol. The SMILES string of the molecule is N[C@H]1CCCc2ccc(OCc3cc(F)cc(F)c3)cc21. The van der Waals surface area contributed by atoms with Gasteiger partial charge in [0, 0.05) is 12.1 Å². The van der Waals surface area contributed by atoms with Crippen molar-refractivity contribution in [2.75, 3.05) is 0 Å². The maximum Gasteiger partial charge on any atom is 0.126 e. The number of hydrogen-bond donors (Lipinski definition) is 1. The predicted molar refractivity (Wildman–Crippen MR) is 77.0 cm³/mol. The molecule has 4 heteroatoms. The van der Waals surface area contributed by atoms with Crippen LogP contribution in [0.25, 0.3) is 0 Å². The molecule has 0 aromatic heterocycles. The Morgan fingerprint density at radius 1 is 1.10 bits per heavy atom. The third-order valence-corrected chi connectivity index (χ3v) is 3.81. The number of nitrogens with two attached hydrogens (primary N) is 1. The number of fused-ring (bicyclic) bond motifs is 1. The van der Waals surface area contributed by atoms with Gasteiger partial charge in [-0.1, -0.05) is 6.07 Å². The van der Waals surface area contributed by atoms with Crippen molar-refractivity contribution in [3.63, 3.8) is 0 Å². The van der Waals surface area contributed by atoms with Gasteiger partial charge in [0.05, 0.1) is 0 Å². The van der Waals surface area contributed by atoms with Crippen LogP contribution in [0.4, 0.5) is 8.78 Å². The molecule has 0 saturated carbocycles. The van der Waals surface area contributed by atoms with Crippen LogP contribution in [0.5, 0.6) is 5.75 Å². The molecule has 0 radical (unpaired) electrons. The summed E-state index contributed by atoms with van der Waals surface area (Å²) in [4.78, 5) is 0. The Kier molecular flexibility index (Phi) is 3.88. The summed E-state index contributed by atoms with van der Waals surface area (Å²) < 4.78 is 31.9. The molecule has 1 aliphatic rings. The first-order valence-electron chi connectivity index (χ1n) is 7.08. The summed E-state index contributed by atoms with van der Waals surface area (Å²) in [7, 11) is 0. The van der Waals surface area contributed by atoms with Crippen LogP contribution in [0.2, 0.25) is 0 Å². The van der Waals surface area contributed by atoms with Crippen LogP contribution < -0.4 is 10.5 Å². The molecular formula is C17H17F2NO. The molecule has 0 heterocycles. The van der Waals surface area contributed by atoms with E-state index in [0.29, 0.717) is 11.3 Å². The Bertz CT molecular complexity index is 637. The quantitative estimate of drug-likeness (QED) is 0.930. The first-order chi connectivity index (χ1) is 10.1. The Labute approximate surface area is 122 Å². The van der Waals surface area contributed by atoms with Gasteiger partial charge in [0.1, 0.15) is 24.0 Å². The molecule has 0 fully saturated rings. The fourth-order valence-electron chi connectivity index (χ4n) is 2.76. The Morgan fingerprint density at radius 3 is 2.62 bits per heavy atom. The van der Waals surface area contributed by atoms with Gasteiger partial charge in [-0.15, -0.1) is 0 Å². The van der Waals surface area contributed by atoms with Crippen molar-refractivity contribution >= 4 is 0 Å². The van der Waals surface area contributed by atoms with Gasteiger partial charge in [-0.3, -0.25) is 0 Å². The molecule has 2 nitrogen and oxygen atoms in total. The van der Waals surface area contributed by atoms with E-state index in [1.807, 2.05) is 18.2 Å². The average Bonchev–Trinajstić information content (AvgIpc) is 2.45. The monoisotopic (exact) mass is 289 g/mol. The minimum absolute atomic E-state index is 0.0453. The van der Waals surface area contributed by atoms with Crippen molar-refractivity contribution in [1.29, 1.82) is 0 Å². The topological polar surface area (TPSA) is 35.2 Å². The smallest absolute Gasteiger partial charge is 0.126 e. The van der Waals surface area contributed by atoms with E-state index >= 15 is 0 Å². The number of ether oxygens (including phenoxy) is 1. The second kappa shape index (κ2) is 5.82. The highest BCUT2D eigenvalue weighted by Gasteiger charge is 2.17. The highest BCUT2D eigenvalue weighted by atomic mass is 19.1. The van der Waals surface area contributed by atoms with E-state index in [0.717, 1.165) is 30.9 Å². The molecule has 3 rings (SSSR count). The first kappa shape index (κ1) is 14.0. The van der Waals surface area contributed by atoms with Gasteiger partial charge in [0.25, 0.3) is 0 Å². The number of rotatable bonds is 3. The molecule has 1 atom stereocenters. The van der Waals surface area contributed by atoms with Gasteiger partial charge in [0.2, 0.25) is 0 Å². The van der Waals surface area contributed by atoms with Gasteiger partial charge in [-0.25, -0.2) is 8.78 Å². The van der Waals surface area contributed by atoms with Gasteiger partial charge < -0.3 is 10.5 Å². The third kappa shape index (κ3) is 3.22. The minimum Gasteiger partial charge on any atom is -0.489 e. The van der Waals surface area contributed by atoms with Gasteiger partial charge in [0.15, 0.2) is 0 Å². The van der Waals surface area contributed by atoms with Crippen LogP contribution >= 0.6 is 0 Å². The maximum absolute atomic E-state index is 13.1. The number of halogens is 2. The van der Waals surface area contributed by atoms with E-state index in [2.05, 4.69) is 0 Å². The molecule has 1 aliphatic carbocycles. The molecule has 2 N–H and O–H groups in total. The Hall–Kier alpha value is -1.94. The van der Waals surface area contributed by atoms with Crippen LogP contribution in [0.15, 0.2) is 36.4 Å². The summed E-state index contributed by atoms with van der Waals surface area (Å²) in [6.45, 7) is 0.128. The highest BCUT2D eigenvalue weighted by molar-refractivity contribution is 5.39. The predicted octanol–water partition coefficient (Wildman–Crippen LogP) is 3.88. The zero-order valence-corrected chi connectivity index (χ0v) is 11.6. The Morgan fingerprint density at radius 2 is 1.86 bits per heavy atom. The van der Waals surface area contributed by atoms with Crippen LogP contribution in [-0.2, 0) is 13.0 Å². The van der Waals surface area contributed by atoms with Crippen LogP contribution in [-0.4, -0.2) is 0 Å². The Balaban J connectivity index is 1.75. The lowest BCUT2D eigenvalue weighted by Crippen LogP contribution is -2.17. The number of benzene rings is 2. The van der Waals surface area contributed by atoms with Crippen LogP contribution in [0.1, 0.15) is 35.6 Å². The normalized spacial score (nSPS) is 17.4. The maximum atomic E-state index is 13.1. The average molecular weight is 289 g/mol. The lowest BCUT2D eigenvalue weighted by Gasteiger charge is -2.22.